The third-order valence-corrected chi connectivity index (χ3v) is 6.40. The van der Waals surface area contributed by atoms with Crippen molar-refractivity contribution in [3.63, 3.8) is 0 Å². The van der Waals surface area contributed by atoms with Crippen LogP contribution in [0.3, 0.4) is 0 Å². The number of fused-ring (bicyclic) bond motifs is 1. The van der Waals surface area contributed by atoms with Gasteiger partial charge in [-0.05, 0) is 36.4 Å². The molecule has 0 bridgehead atoms. The molecule has 1 aliphatic rings. The molecule has 4 heterocycles. The van der Waals surface area contributed by atoms with E-state index in [2.05, 4.69) is 19.9 Å². The predicted molar refractivity (Wildman–Crippen MR) is 120 cm³/mol. The van der Waals surface area contributed by atoms with Gasteiger partial charge in [-0.15, -0.1) is 11.8 Å². The van der Waals surface area contributed by atoms with Gasteiger partial charge in [0, 0.05) is 53.0 Å². The summed E-state index contributed by atoms with van der Waals surface area (Å²) < 4.78 is 2.12. The van der Waals surface area contributed by atoms with E-state index in [9.17, 15) is 9.59 Å². The Bertz CT molecular complexity index is 1260. The summed E-state index contributed by atoms with van der Waals surface area (Å²) in [5, 5.41) is 3.04. The molecule has 5 rings (SSSR count). The van der Waals surface area contributed by atoms with Gasteiger partial charge in [0.1, 0.15) is 11.1 Å². The molecule has 1 unspecified atom stereocenters. The van der Waals surface area contributed by atoms with Crippen LogP contribution in [-0.2, 0) is 5.75 Å². The highest BCUT2D eigenvalue weighted by atomic mass is 32.2. The largest absolute Gasteiger partial charge is 0.333 e. The quantitative estimate of drug-likeness (QED) is 0.474. The van der Waals surface area contributed by atoms with Crippen molar-refractivity contribution in [1.29, 1.82) is 0 Å². The number of rotatable bonds is 5. The first-order valence-corrected chi connectivity index (χ1v) is 10.8. The van der Waals surface area contributed by atoms with Crippen LogP contribution >= 0.6 is 11.8 Å². The third-order valence-electron chi connectivity index (χ3n) is 5.15. The Labute approximate surface area is 183 Å². The number of amides is 1. The fourth-order valence-corrected chi connectivity index (χ4v) is 4.97. The molecule has 0 radical (unpaired) electrons. The maximum absolute atomic E-state index is 13.0. The number of benzene rings is 1. The average molecular weight is 427 g/mol. The summed E-state index contributed by atoms with van der Waals surface area (Å²) in [5.41, 5.74) is 4.15. The number of hydrogen-bond donors (Lipinski definition) is 1. The van der Waals surface area contributed by atoms with Crippen molar-refractivity contribution in [1.82, 2.24) is 14.5 Å². The lowest BCUT2D eigenvalue weighted by atomic mass is 10.1. The standard InChI is InChI=1S/C24H18N4O2S/c29-22(20-8-1-2-11-26-20)16-5-3-7-18(13-16)27-23(30)19-9-12-28-21(19)15-31-24(28)17-6-4-10-25-14-17/h1-14,24H,15H2,(H,27,30). The van der Waals surface area contributed by atoms with Gasteiger partial charge >= 0.3 is 0 Å². The molecule has 1 atom stereocenters. The van der Waals surface area contributed by atoms with Crippen molar-refractivity contribution in [3.8, 4) is 0 Å². The normalized spacial score (nSPS) is 14.8. The Morgan fingerprint density at radius 3 is 2.77 bits per heavy atom. The summed E-state index contributed by atoms with van der Waals surface area (Å²) in [4.78, 5) is 34.0. The van der Waals surface area contributed by atoms with E-state index >= 15 is 0 Å². The van der Waals surface area contributed by atoms with E-state index in [-0.39, 0.29) is 17.1 Å². The summed E-state index contributed by atoms with van der Waals surface area (Å²) in [5.74, 6) is 0.369. The van der Waals surface area contributed by atoms with E-state index in [1.165, 1.54) is 0 Å². The van der Waals surface area contributed by atoms with Gasteiger partial charge in [-0.25, -0.2) is 0 Å². The van der Waals surface area contributed by atoms with Gasteiger partial charge in [0.15, 0.2) is 0 Å². The molecule has 0 saturated carbocycles. The molecule has 1 amide bonds. The molecule has 7 heteroatoms. The summed E-state index contributed by atoms with van der Waals surface area (Å²) in [6.07, 6.45) is 7.15. The highest BCUT2D eigenvalue weighted by Gasteiger charge is 2.28. The molecule has 4 aromatic rings. The highest BCUT2D eigenvalue weighted by Crippen LogP contribution is 2.41. The Morgan fingerprint density at radius 1 is 1.03 bits per heavy atom. The fraction of sp³-hybridized carbons (Fsp3) is 0.0833. The van der Waals surface area contributed by atoms with Gasteiger partial charge in [0.25, 0.3) is 5.91 Å². The molecule has 0 fully saturated rings. The molecular weight excluding hydrogens is 408 g/mol. The van der Waals surface area contributed by atoms with E-state index in [4.69, 9.17) is 0 Å². The minimum atomic E-state index is -0.191. The molecule has 152 valence electrons. The number of nitrogens with zero attached hydrogens (tertiary/aromatic N) is 3. The monoisotopic (exact) mass is 426 g/mol. The second-order valence-electron chi connectivity index (χ2n) is 7.11. The lowest BCUT2D eigenvalue weighted by molar-refractivity contribution is 0.101. The van der Waals surface area contributed by atoms with Crippen molar-refractivity contribution < 1.29 is 9.59 Å². The molecular formula is C24H18N4O2S. The Hall–Kier alpha value is -3.71. The first-order valence-electron chi connectivity index (χ1n) is 9.79. The second kappa shape index (κ2) is 8.20. The summed E-state index contributed by atoms with van der Waals surface area (Å²) in [6, 6.07) is 18.0. The molecule has 1 N–H and O–H groups in total. The second-order valence-corrected chi connectivity index (χ2v) is 8.18. The van der Waals surface area contributed by atoms with Crippen molar-refractivity contribution in [2.75, 3.05) is 5.32 Å². The number of carbonyl (C=O) groups excluding carboxylic acids is 2. The van der Waals surface area contributed by atoms with Gasteiger partial charge < -0.3 is 9.88 Å². The van der Waals surface area contributed by atoms with Crippen LogP contribution in [0.5, 0.6) is 0 Å². The van der Waals surface area contributed by atoms with E-state index in [0.29, 0.717) is 22.5 Å². The van der Waals surface area contributed by atoms with Crippen LogP contribution in [0.2, 0.25) is 0 Å². The smallest absolute Gasteiger partial charge is 0.257 e. The van der Waals surface area contributed by atoms with E-state index < -0.39 is 0 Å². The molecule has 1 aliphatic heterocycles. The van der Waals surface area contributed by atoms with Crippen molar-refractivity contribution >= 4 is 29.1 Å². The average Bonchev–Trinajstić information content (AvgIpc) is 3.42. The van der Waals surface area contributed by atoms with Crippen LogP contribution in [0.15, 0.2) is 85.5 Å². The minimum absolute atomic E-state index is 0.115. The van der Waals surface area contributed by atoms with Gasteiger partial charge in [-0.1, -0.05) is 24.3 Å². The zero-order valence-electron chi connectivity index (χ0n) is 16.4. The number of thioether (sulfide) groups is 1. The maximum atomic E-state index is 13.0. The maximum Gasteiger partial charge on any atom is 0.257 e. The number of anilines is 1. The van der Waals surface area contributed by atoms with Crippen LogP contribution in [0, 0.1) is 0 Å². The number of nitrogens with one attached hydrogen (secondary N) is 1. The van der Waals surface area contributed by atoms with E-state index in [1.807, 2.05) is 30.6 Å². The topological polar surface area (TPSA) is 76.9 Å². The molecule has 3 aromatic heterocycles. The Kier molecular flexibility index (Phi) is 5.09. The number of hydrogen-bond acceptors (Lipinski definition) is 5. The summed E-state index contributed by atoms with van der Waals surface area (Å²) in [6.45, 7) is 0. The van der Waals surface area contributed by atoms with Gasteiger partial charge in [0.2, 0.25) is 5.78 Å². The van der Waals surface area contributed by atoms with Crippen LogP contribution in [0.4, 0.5) is 5.69 Å². The first kappa shape index (κ1) is 19.3. The lowest BCUT2D eigenvalue weighted by Crippen LogP contribution is -2.14. The fourth-order valence-electron chi connectivity index (χ4n) is 3.66. The highest BCUT2D eigenvalue weighted by molar-refractivity contribution is 7.99. The van der Waals surface area contributed by atoms with E-state index in [0.717, 1.165) is 17.0 Å². The number of aromatic nitrogens is 3. The minimum Gasteiger partial charge on any atom is -0.333 e. The van der Waals surface area contributed by atoms with Gasteiger partial charge in [-0.3, -0.25) is 19.6 Å². The first-order chi connectivity index (χ1) is 15.2. The molecule has 0 saturated heterocycles. The zero-order valence-corrected chi connectivity index (χ0v) is 17.3. The number of ketones is 1. The third kappa shape index (κ3) is 3.75. The molecule has 6 nitrogen and oxygen atoms in total. The van der Waals surface area contributed by atoms with Crippen LogP contribution in [0.1, 0.15) is 43.0 Å². The Balaban J connectivity index is 1.36. The molecule has 0 aliphatic carbocycles. The zero-order chi connectivity index (χ0) is 21.2. The van der Waals surface area contributed by atoms with E-state index in [1.54, 1.807) is 66.6 Å². The van der Waals surface area contributed by atoms with Crippen LogP contribution in [-0.4, -0.2) is 26.2 Å². The van der Waals surface area contributed by atoms with Crippen molar-refractivity contribution in [3.05, 3.63) is 114 Å². The SMILES string of the molecule is O=C(c1cccc(NC(=O)c2ccn3c2CSC3c2cccnc2)c1)c1ccccn1. The predicted octanol–water partition coefficient (Wildman–Crippen LogP) is 4.56. The van der Waals surface area contributed by atoms with Gasteiger partial charge in [0.05, 0.1) is 5.56 Å². The van der Waals surface area contributed by atoms with Crippen LogP contribution < -0.4 is 5.32 Å². The number of carbonyl (C=O) groups is 2. The molecule has 31 heavy (non-hydrogen) atoms. The molecule has 0 spiro atoms. The Morgan fingerprint density at radius 2 is 1.97 bits per heavy atom. The number of pyridine rings is 2. The van der Waals surface area contributed by atoms with Crippen molar-refractivity contribution in [2.45, 2.75) is 11.1 Å². The van der Waals surface area contributed by atoms with Crippen molar-refractivity contribution in [2.24, 2.45) is 0 Å². The molecule has 1 aromatic carbocycles. The lowest BCUT2D eigenvalue weighted by Gasteiger charge is -2.12. The van der Waals surface area contributed by atoms with Crippen LogP contribution in [0.25, 0.3) is 0 Å². The summed E-state index contributed by atoms with van der Waals surface area (Å²) >= 11 is 1.76. The van der Waals surface area contributed by atoms with Gasteiger partial charge in [-0.2, -0.15) is 0 Å². The summed E-state index contributed by atoms with van der Waals surface area (Å²) in [7, 11) is 0.